The summed E-state index contributed by atoms with van der Waals surface area (Å²) in [7, 11) is 1.59. The molecule has 1 saturated heterocycles. The second-order valence-electron chi connectivity index (χ2n) is 3.92. The van der Waals surface area contributed by atoms with Gasteiger partial charge in [-0.3, -0.25) is 9.59 Å². The Labute approximate surface area is 95.3 Å². The van der Waals surface area contributed by atoms with E-state index in [2.05, 4.69) is 10.6 Å². The molecule has 6 nitrogen and oxygen atoms in total. The number of nitrogens with zero attached hydrogens (tertiary/aromatic N) is 1. The topological polar surface area (TPSA) is 70.7 Å². The molecule has 0 saturated carbocycles. The normalized spacial score (nSPS) is 18.4. The molecule has 1 unspecified atom stereocenters. The van der Waals surface area contributed by atoms with Gasteiger partial charge in [0, 0.05) is 26.2 Å². The van der Waals surface area contributed by atoms with Crippen LogP contribution < -0.4 is 10.6 Å². The quantitative estimate of drug-likeness (QED) is 0.606. The zero-order valence-electron chi connectivity index (χ0n) is 9.78. The summed E-state index contributed by atoms with van der Waals surface area (Å²) in [5.41, 5.74) is 0. The molecule has 1 rings (SSSR count). The van der Waals surface area contributed by atoms with Gasteiger partial charge < -0.3 is 20.3 Å². The first-order valence-electron chi connectivity index (χ1n) is 5.40. The van der Waals surface area contributed by atoms with Gasteiger partial charge in [0.05, 0.1) is 19.7 Å². The van der Waals surface area contributed by atoms with Crippen LogP contribution in [-0.2, 0) is 14.3 Å². The molecular formula is C10H19N3O3. The van der Waals surface area contributed by atoms with Crippen molar-refractivity contribution in [3.63, 3.8) is 0 Å². The molecule has 2 N–H and O–H groups in total. The van der Waals surface area contributed by atoms with Crippen LogP contribution in [0, 0.1) is 0 Å². The molecule has 1 heterocycles. The van der Waals surface area contributed by atoms with Crippen molar-refractivity contribution in [1.29, 1.82) is 0 Å². The minimum atomic E-state index is -0.139. The monoisotopic (exact) mass is 229 g/mol. The van der Waals surface area contributed by atoms with E-state index >= 15 is 0 Å². The molecule has 0 aromatic heterocycles. The van der Waals surface area contributed by atoms with Crippen molar-refractivity contribution in [3.8, 4) is 0 Å². The molecule has 2 amide bonds. The molecule has 92 valence electrons. The third-order valence-electron chi connectivity index (χ3n) is 2.35. The van der Waals surface area contributed by atoms with Crippen LogP contribution >= 0.6 is 0 Å². The molecule has 1 aliphatic rings. The Hall–Kier alpha value is -1.14. The van der Waals surface area contributed by atoms with Crippen LogP contribution in [0.4, 0.5) is 0 Å². The maximum atomic E-state index is 11.6. The summed E-state index contributed by atoms with van der Waals surface area (Å²) in [5.74, 6) is -0.166. The summed E-state index contributed by atoms with van der Waals surface area (Å²) < 4.78 is 4.91. The van der Waals surface area contributed by atoms with Gasteiger partial charge in [-0.05, 0) is 6.92 Å². The van der Waals surface area contributed by atoms with Gasteiger partial charge in [0.15, 0.2) is 0 Å². The zero-order chi connectivity index (χ0) is 12.0. The lowest BCUT2D eigenvalue weighted by Crippen LogP contribution is -2.52. The van der Waals surface area contributed by atoms with Crippen molar-refractivity contribution < 1.29 is 14.3 Å². The van der Waals surface area contributed by atoms with E-state index in [4.69, 9.17) is 4.74 Å². The lowest BCUT2D eigenvalue weighted by Gasteiger charge is -2.27. The van der Waals surface area contributed by atoms with Crippen LogP contribution in [0.25, 0.3) is 0 Å². The fourth-order valence-electron chi connectivity index (χ4n) is 1.60. The van der Waals surface area contributed by atoms with Crippen molar-refractivity contribution in [2.75, 3.05) is 39.9 Å². The van der Waals surface area contributed by atoms with Crippen molar-refractivity contribution in [3.05, 3.63) is 0 Å². The summed E-state index contributed by atoms with van der Waals surface area (Å²) >= 11 is 0. The largest absolute Gasteiger partial charge is 0.383 e. The van der Waals surface area contributed by atoms with Crippen LogP contribution in [-0.4, -0.2) is 62.7 Å². The molecule has 16 heavy (non-hydrogen) atoms. The second kappa shape index (κ2) is 6.44. The Morgan fingerprint density at radius 2 is 2.44 bits per heavy atom. The third kappa shape index (κ3) is 4.16. The van der Waals surface area contributed by atoms with E-state index < -0.39 is 0 Å². The predicted octanol–water partition coefficient (Wildman–Crippen LogP) is -1.43. The van der Waals surface area contributed by atoms with Gasteiger partial charge in [-0.1, -0.05) is 0 Å². The van der Waals surface area contributed by atoms with Crippen LogP contribution in [0.1, 0.15) is 6.92 Å². The van der Waals surface area contributed by atoms with E-state index in [-0.39, 0.29) is 24.4 Å². The number of hydrogen-bond acceptors (Lipinski definition) is 4. The fraction of sp³-hybridized carbons (Fsp3) is 0.800. The van der Waals surface area contributed by atoms with E-state index in [1.165, 1.54) is 0 Å². The highest BCUT2D eigenvalue weighted by Crippen LogP contribution is 1.94. The van der Waals surface area contributed by atoms with Crippen LogP contribution in [0.2, 0.25) is 0 Å². The van der Waals surface area contributed by atoms with Gasteiger partial charge in [0.2, 0.25) is 11.8 Å². The highest BCUT2D eigenvalue weighted by atomic mass is 16.5. The smallest absolute Gasteiger partial charge is 0.239 e. The first-order valence-corrected chi connectivity index (χ1v) is 5.40. The molecular weight excluding hydrogens is 210 g/mol. The Bertz CT molecular complexity index is 258. The summed E-state index contributed by atoms with van der Waals surface area (Å²) in [5, 5.41) is 5.73. The highest BCUT2D eigenvalue weighted by molar-refractivity contribution is 5.86. The summed E-state index contributed by atoms with van der Waals surface area (Å²) in [4.78, 5) is 24.5. The van der Waals surface area contributed by atoms with Gasteiger partial charge in [0.25, 0.3) is 0 Å². The van der Waals surface area contributed by atoms with Gasteiger partial charge in [-0.15, -0.1) is 0 Å². The maximum Gasteiger partial charge on any atom is 0.239 e. The summed E-state index contributed by atoms with van der Waals surface area (Å²) in [6, 6.07) is -0.0319. The Kier molecular flexibility index (Phi) is 5.21. The Balaban J connectivity index is 2.30. The van der Waals surface area contributed by atoms with Gasteiger partial charge in [0.1, 0.15) is 0 Å². The van der Waals surface area contributed by atoms with Gasteiger partial charge in [-0.2, -0.15) is 0 Å². The van der Waals surface area contributed by atoms with Crippen LogP contribution in [0.3, 0.4) is 0 Å². The van der Waals surface area contributed by atoms with E-state index in [0.29, 0.717) is 19.7 Å². The summed E-state index contributed by atoms with van der Waals surface area (Å²) in [6.07, 6.45) is 0. The number of amides is 2. The fourth-order valence-corrected chi connectivity index (χ4v) is 1.60. The second-order valence-corrected chi connectivity index (χ2v) is 3.92. The van der Waals surface area contributed by atoms with Crippen LogP contribution in [0.5, 0.6) is 0 Å². The maximum absolute atomic E-state index is 11.6. The van der Waals surface area contributed by atoms with Crippen molar-refractivity contribution in [2.24, 2.45) is 0 Å². The third-order valence-corrected chi connectivity index (χ3v) is 2.35. The number of piperazine rings is 1. The van der Waals surface area contributed by atoms with Gasteiger partial charge in [-0.25, -0.2) is 0 Å². The van der Waals surface area contributed by atoms with Crippen LogP contribution in [0.15, 0.2) is 0 Å². The molecule has 0 bridgehead atoms. The van der Waals surface area contributed by atoms with Crippen molar-refractivity contribution in [1.82, 2.24) is 15.5 Å². The number of nitrogens with one attached hydrogen (secondary N) is 2. The van der Waals surface area contributed by atoms with Gasteiger partial charge >= 0.3 is 0 Å². The standard InChI is InChI=1S/C10H19N3O3/c1-8(7-16-2)12-9(14)6-13-4-3-11-5-10(13)15/h8,11H,3-7H2,1-2H3,(H,12,14). The number of carbonyl (C=O) groups is 2. The zero-order valence-corrected chi connectivity index (χ0v) is 9.78. The number of hydrogen-bond donors (Lipinski definition) is 2. The van der Waals surface area contributed by atoms with E-state index in [0.717, 1.165) is 6.54 Å². The SMILES string of the molecule is COCC(C)NC(=O)CN1CCNCC1=O. The molecule has 0 aromatic carbocycles. The lowest BCUT2D eigenvalue weighted by molar-refractivity contribution is -0.137. The minimum absolute atomic E-state index is 0.0270. The minimum Gasteiger partial charge on any atom is -0.383 e. The molecule has 0 spiro atoms. The predicted molar refractivity (Wildman–Crippen MR) is 58.9 cm³/mol. The number of methoxy groups -OCH3 is 1. The molecule has 6 heteroatoms. The summed E-state index contributed by atoms with van der Waals surface area (Å²) in [6.45, 7) is 4.12. The first kappa shape index (κ1) is 12.9. The molecule has 0 radical (unpaired) electrons. The number of ether oxygens (including phenoxy) is 1. The first-order chi connectivity index (χ1) is 7.63. The lowest BCUT2D eigenvalue weighted by atomic mass is 10.3. The van der Waals surface area contributed by atoms with E-state index in [1.807, 2.05) is 6.92 Å². The van der Waals surface area contributed by atoms with Crippen molar-refractivity contribution >= 4 is 11.8 Å². The van der Waals surface area contributed by atoms with E-state index in [1.54, 1.807) is 12.0 Å². The Morgan fingerprint density at radius 1 is 1.69 bits per heavy atom. The van der Waals surface area contributed by atoms with Crippen molar-refractivity contribution in [2.45, 2.75) is 13.0 Å². The average molecular weight is 229 g/mol. The highest BCUT2D eigenvalue weighted by Gasteiger charge is 2.20. The average Bonchev–Trinajstić information content (AvgIpc) is 2.21. The molecule has 0 aromatic rings. The molecule has 1 fully saturated rings. The molecule has 0 aliphatic carbocycles. The number of rotatable bonds is 5. The molecule has 1 atom stereocenters. The molecule has 1 aliphatic heterocycles. The van der Waals surface area contributed by atoms with E-state index in [9.17, 15) is 9.59 Å². The Morgan fingerprint density at radius 3 is 3.06 bits per heavy atom. The number of carbonyl (C=O) groups excluding carboxylic acids is 2.